The SMILES string of the molecule is CC(C)(C)c1ccccc1Oc1ncccc1NC(=O)Nc1cccc(OCc2ccoc2)c1. The summed E-state index contributed by atoms with van der Waals surface area (Å²) in [6.07, 6.45) is 4.85. The maximum atomic E-state index is 12.7. The van der Waals surface area contributed by atoms with E-state index in [2.05, 4.69) is 36.4 Å². The summed E-state index contributed by atoms with van der Waals surface area (Å²) < 4.78 is 16.9. The normalized spacial score (nSPS) is 11.0. The molecule has 0 saturated carbocycles. The van der Waals surface area contributed by atoms with Gasteiger partial charge < -0.3 is 24.5 Å². The van der Waals surface area contributed by atoms with Crippen LogP contribution in [0.5, 0.6) is 17.4 Å². The molecule has 0 fully saturated rings. The van der Waals surface area contributed by atoms with Crippen molar-refractivity contribution in [2.45, 2.75) is 32.8 Å². The summed E-state index contributed by atoms with van der Waals surface area (Å²) in [6.45, 7) is 6.73. The maximum absolute atomic E-state index is 12.7. The lowest BCUT2D eigenvalue weighted by Gasteiger charge is -2.22. The molecule has 2 aromatic carbocycles. The van der Waals surface area contributed by atoms with Crippen molar-refractivity contribution < 1.29 is 18.7 Å². The van der Waals surface area contributed by atoms with Crippen LogP contribution in [-0.4, -0.2) is 11.0 Å². The topological polar surface area (TPSA) is 85.6 Å². The van der Waals surface area contributed by atoms with Crippen LogP contribution >= 0.6 is 0 Å². The van der Waals surface area contributed by atoms with Crippen LogP contribution in [0.25, 0.3) is 0 Å². The van der Waals surface area contributed by atoms with E-state index in [4.69, 9.17) is 13.9 Å². The van der Waals surface area contributed by atoms with Crippen molar-refractivity contribution in [1.29, 1.82) is 0 Å². The number of hydrogen-bond acceptors (Lipinski definition) is 5. The number of carbonyl (C=O) groups is 1. The Bertz CT molecular complexity index is 1250. The number of ether oxygens (including phenoxy) is 2. The molecule has 0 spiro atoms. The monoisotopic (exact) mass is 457 g/mol. The third-order valence-electron chi connectivity index (χ3n) is 5.00. The smallest absolute Gasteiger partial charge is 0.323 e. The van der Waals surface area contributed by atoms with E-state index in [-0.39, 0.29) is 5.41 Å². The molecule has 2 amide bonds. The minimum atomic E-state index is -0.422. The van der Waals surface area contributed by atoms with Crippen LogP contribution in [0.4, 0.5) is 16.2 Å². The Morgan fingerprint density at radius 3 is 2.65 bits per heavy atom. The molecular formula is C27H27N3O4. The molecule has 2 aromatic heterocycles. The van der Waals surface area contributed by atoms with E-state index >= 15 is 0 Å². The highest BCUT2D eigenvalue weighted by molar-refractivity contribution is 6.00. The minimum absolute atomic E-state index is 0.110. The molecule has 34 heavy (non-hydrogen) atoms. The molecule has 7 heteroatoms. The van der Waals surface area contributed by atoms with Crippen LogP contribution in [0.2, 0.25) is 0 Å². The van der Waals surface area contributed by atoms with Crippen LogP contribution in [0.15, 0.2) is 89.9 Å². The van der Waals surface area contributed by atoms with Gasteiger partial charge in [0, 0.05) is 29.1 Å². The Morgan fingerprint density at radius 2 is 1.85 bits per heavy atom. The zero-order valence-electron chi connectivity index (χ0n) is 19.4. The highest BCUT2D eigenvalue weighted by Crippen LogP contribution is 2.35. The third kappa shape index (κ3) is 5.95. The van der Waals surface area contributed by atoms with Gasteiger partial charge in [0.15, 0.2) is 0 Å². The molecule has 0 radical (unpaired) electrons. The molecular weight excluding hydrogens is 430 g/mol. The van der Waals surface area contributed by atoms with Gasteiger partial charge in [0.05, 0.1) is 12.5 Å². The molecule has 0 saturated heterocycles. The van der Waals surface area contributed by atoms with E-state index in [9.17, 15) is 4.79 Å². The Balaban J connectivity index is 1.43. The lowest BCUT2D eigenvalue weighted by atomic mass is 9.86. The van der Waals surface area contributed by atoms with Crippen molar-refractivity contribution >= 4 is 17.4 Å². The fraction of sp³-hybridized carbons (Fsp3) is 0.185. The Morgan fingerprint density at radius 1 is 1.00 bits per heavy atom. The van der Waals surface area contributed by atoms with Gasteiger partial charge in [-0.05, 0) is 41.8 Å². The fourth-order valence-electron chi connectivity index (χ4n) is 3.34. The molecule has 174 valence electrons. The Kier molecular flexibility index (Phi) is 6.82. The van der Waals surface area contributed by atoms with Crippen molar-refractivity contribution in [3.05, 3.63) is 96.6 Å². The van der Waals surface area contributed by atoms with Gasteiger partial charge in [0.1, 0.15) is 23.8 Å². The van der Waals surface area contributed by atoms with Gasteiger partial charge in [-0.15, -0.1) is 0 Å². The summed E-state index contributed by atoms with van der Waals surface area (Å²) in [6, 6.07) is 19.9. The number of nitrogens with one attached hydrogen (secondary N) is 2. The summed E-state index contributed by atoms with van der Waals surface area (Å²) in [5, 5.41) is 5.64. The number of pyridine rings is 1. The summed E-state index contributed by atoms with van der Waals surface area (Å²) >= 11 is 0. The van der Waals surface area contributed by atoms with Crippen LogP contribution < -0.4 is 20.1 Å². The number of hydrogen-bond donors (Lipinski definition) is 2. The number of aromatic nitrogens is 1. The van der Waals surface area contributed by atoms with Crippen LogP contribution in [0, 0.1) is 0 Å². The summed E-state index contributed by atoms with van der Waals surface area (Å²) in [5.74, 6) is 1.63. The molecule has 0 atom stereocenters. The maximum Gasteiger partial charge on any atom is 0.323 e. The average Bonchev–Trinajstić information content (AvgIpc) is 3.33. The molecule has 2 heterocycles. The zero-order valence-corrected chi connectivity index (χ0v) is 19.4. The predicted molar refractivity (Wildman–Crippen MR) is 132 cm³/mol. The third-order valence-corrected chi connectivity index (χ3v) is 5.00. The number of para-hydroxylation sites is 1. The first kappa shape index (κ1) is 22.9. The van der Waals surface area contributed by atoms with Gasteiger partial charge in [0.2, 0.25) is 5.88 Å². The second-order valence-corrected chi connectivity index (χ2v) is 8.73. The second-order valence-electron chi connectivity index (χ2n) is 8.73. The lowest BCUT2D eigenvalue weighted by molar-refractivity contribution is 0.262. The van der Waals surface area contributed by atoms with Crippen molar-refractivity contribution in [1.82, 2.24) is 4.98 Å². The number of carbonyl (C=O) groups excluding carboxylic acids is 1. The molecule has 4 rings (SSSR count). The Labute approximate surface area is 198 Å². The molecule has 0 bridgehead atoms. The number of amides is 2. The first-order valence-corrected chi connectivity index (χ1v) is 10.9. The van der Waals surface area contributed by atoms with Gasteiger partial charge in [-0.3, -0.25) is 0 Å². The largest absolute Gasteiger partial charge is 0.489 e. The number of benzene rings is 2. The summed E-state index contributed by atoms with van der Waals surface area (Å²) in [5.41, 5.74) is 2.90. The predicted octanol–water partition coefficient (Wildman–Crippen LogP) is 6.99. The van der Waals surface area contributed by atoms with Crippen LogP contribution in [0.3, 0.4) is 0 Å². The van der Waals surface area contributed by atoms with Crippen molar-refractivity contribution in [2.75, 3.05) is 10.6 Å². The first-order chi connectivity index (χ1) is 16.4. The minimum Gasteiger partial charge on any atom is -0.489 e. The number of urea groups is 1. The molecule has 2 N–H and O–H groups in total. The van der Waals surface area contributed by atoms with Crippen molar-refractivity contribution in [3.63, 3.8) is 0 Å². The van der Waals surface area contributed by atoms with Gasteiger partial charge >= 0.3 is 6.03 Å². The molecule has 0 aliphatic carbocycles. The van der Waals surface area contributed by atoms with Gasteiger partial charge in [-0.2, -0.15) is 0 Å². The van der Waals surface area contributed by atoms with Gasteiger partial charge in [-0.1, -0.05) is 45.0 Å². The first-order valence-electron chi connectivity index (χ1n) is 10.9. The van der Waals surface area contributed by atoms with Crippen LogP contribution in [0.1, 0.15) is 31.9 Å². The van der Waals surface area contributed by atoms with Gasteiger partial charge in [-0.25, -0.2) is 9.78 Å². The quantitative estimate of drug-likeness (QED) is 0.312. The summed E-state index contributed by atoms with van der Waals surface area (Å²) in [4.78, 5) is 17.0. The molecule has 7 nitrogen and oxygen atoms in total. The van der Waals surface area contributed by atoms with E-state index in [0.29, 0.717) is 35.4 Å². The highest BCUT2D eigenvalue weighted by Gasteiger charge is 2.20. The molecule has 4 aromatic rings. The number of anilines is 2. The molecule has 0 aliphatic rings. The van der Waals surface area contributed by atoms with Crippen LogP contribution in [-0.2, 0) is 12.0 Å². The van der Waals surface area contributed by atoms with E-state index < -0.39 is 6.03 Å². The van der Waals surface area contributed by atoms with Crippen molar-refractivity contribution in [3.8, 4) is 17.4 Å². The number of rotatable bonds is 7. The average molecular weight is 458 g/mol. The summed E-state index contributed by atoms with van der Waals surface area (Å²) in [7, 11) is 0. The van der Waals surface area contributed by atoms with E-state index in [0.717, 1.165) is 11.1 Å². The standard InChI is InChI=1S/C27H27N3O4/c1-27(2,3)22-10-4-5-12-24(22)34-25-23(11-7-14-28-25)30-26(31)29-20-8-6-9-21(16-20)33-18-19-13-15-32-17-19/h4-17H,18H2,1-3H3,(H2,29,30,31). The van der Waals surface area contributed by atoms with Crippen molar-refractivity contribution in [2.24, 2.45) is 0 Å². The van der Waals surface area contributed by atoms with E-state index in [1.807, 2.05) is 42.5 Å². The molecule has 0 aliphatic heterocycles. The van der Waals surface area contributed by atoms with E-state index in [1.54, 1.807) is 43.0 Å². The molecule has 0 unspecified atom stereocenters. The number of nitrogens with zero attached hydrogens (tertiary/aromatic N) is 1. The lowest BCUT2D eigenvalue weighted by Crippen LogP contribution is -2.20. The Hall–Kier alpha value is -4.26. The fourth-order valence-corrected chi connectivity index (χ4v) is 3.34. The number of furan rings is 1. The van der Waals surface area contributed by atoms with Gasteiger partial charge in [0.25, 0.3) is 0 Å². The zero-order chi connectivity index (χ0) is 24.0. The second kappa shape index (κ2) is 10.1. The highest BCUT2D eigenvalue weighted by atomic mass is 16.5. The van der Waals surface area contributed by atoms with E-state index in [1.165, 1.54) is 0 Å².